The van der Waals surface area contributed by atoms with E-state index < -0.39 is 0 Å². The summed E-state index contributed by atoms with van der Waals surface area (Å²) in [7, 11) is 1.95. The molecule has 1 aromatic carbocycles. The maximum atomic E-state index is 6.72. The van der Waals surface area contributed by atoms with Crippen LogP contribution in [0.15, 0.2) is 48.8 Å². The lowest BCUT2D eigenvalue weighted by molar-refractivity contribution is 0.947. The first-order valence-corrected chi connectivity index (χ1v) is 8.98. The standard InChI is InChI=1S/C20H13Cl3N3/c1-11-10-26(2)20-12(11)6-7-16(25-20)15-5-3-4-13(17(15)21)14-8-9-24-19(23)18(14)22/h3-10H,1H2,2H3. The lowest BCUT2D eigenvalue weighted by Crippen LogP contribution is -1.92. The first kappa shape index (κ1) is 17.3. The Morgan fingerprint density at radius 3 is 2.46 bits per heavy atom. The van der Waals surface area contributed by atoms with Gasteiger partial charge in [-0.15, -0.1) is 0 Å². The number of hydrogen-bond acceptors (Lipinski definition) is 2. The molecule has 3 heterocycles. The summed E-state index contributed by atoms with van der Waals surface area (Å²) in [4.78, 5) is 8.76. The van der Waals surface area contributed by atoms with Gasteiger partial charge in [-0.05, 0) is 30.7 Å². The average molecular weight is 402 g/mol. The number of aromatic nitrogens is 3. The summed E-state index contributed by atoms with van der Waals surface area (Å²) in [6.45, 7) is 4.04. The SMILES string of the molecule is [CH2]c1cn(C)c2nc(-c3cccc(-c4ccnc(Cl)c4Cl)c3Cl)ccc12. The van der Waals surface area contributed by atoms with Crippen LogP contribution >= 0.6 is 34.8 Å². The van der Waals surface area contributed by atoms with E-state index in [9.17, 15) is 0 Å². The van der Waals surface area contributed by atoms with Gasteiger partial charge in [-0.1, -0.05) is 53.0 Å². The number of halogens is 3. The molecular formula is C20H13Cl3N3. The van der Waals surface area contributed by atoms with Crippen LogP contribution in [0.3, 0.4) is 0 Å². The molecule has 3 aromatic heterocycles. The molecule has 0 amide bonds. The van der Waals surface area contributed by atoms with Crippen molar-refractivity contribution in [2.45, 2.75) is 0 Å². The monoisotopic (exact) mass is 400 g/mol. The Labute approximate surface area is 166 Å². The van der Waals surface area contributed by atoms with Crippen molar-refractivity contribution < 1.29 is 0 Å². The minimum absolute atomic E-state index is 0.247. The summed E-state index contributed by atoms with van der Waals surface area (Å²) in [5.41, 5.74) is 4.92. The second-order valence-corrected chi connectivity index (χ2v) is 7.08. The smallest absolute Gasteiger partial charge is 0.148 e. The molecule has 0 atom stereocenters. The molecule has 0 unspecified atom stereocenters. The molecule has 0 aliphatic rings. The molecule has 3 nitrogen and oxygen atoms in total. The van der Waals surface area contributed by atoms with E-state index in [1.165, 1.54) is 0 Å². The Morgan fingerprint density at radius 1 is 0.923 bits per heavy atom. The third-order valence-electron chi connectivity index (χ3n) is 4.32. The number of aryl methyl sites for hydroxylation is 1. The highest BCUT2D eigenvalue weighted by atomic mass is 35.5. The topological polar surface area (TPSA) is 30.7 Å². The number of pyridine rings is 2. The lowest BCUT2D eigenvalue weighted by atomic mass is 10.0. The van der Waals surface area contributed by atoms with Crippen LogP contribution in [-0.2, 0) is 7.05 Å². The Hall–Kier alpha value is -2.07. The predicted molar refractivity (Wildman–Crippen MR) is 109 cm³/mol. The third-order valence-corrected chi connectivity index (χ3v) is 5.49. The van der Waals surface area contributed by atoms with E-state index in [1.807, 2.05) is 48.1 Å². The van der Waals surface area contributed by atoms with Crippen LogP contribution < -0.4 is 0 Å². The second-order valence-electron chi connectivity index (χ2n) is 5.96. The van der Waals surface area contributed by atoms with Gasteiger partial charge in [0, 0.05) is 41.5 Å². The van der Waals surface area contributed by atoms with Crippen molar-refractivity contribution in [2.24, 2.45) is 7.05 Å². The van der Waals surface area contributed by atoms with Gasteiger partial charge in [0.25, 0.3) is 0 Å². The molecular weight excluding hydrogens is 389 g/mol. The Bertz CT molecular complexity index is 1150. The second kappa shape index (κ2) is 6.58. The van der Waals surface area contributed by atoms with Gasteiger partial charge in [-0.3, -0.25) is 0 Å². The van der Waals surface area contributed by atoms with Gasteiger partial charge in [0.2, 0.25) is 0 Å². The highest BCUT2D eigenvalue weighted by molar-refractivity contribution is 6.43. The van der Waals surface area contributed by atoms with E-state index in [0.717, 1.165) is 39.0 Å². The van der Waals surface area contributed by atoms with E-state index in [2.05, 4.69) is 11.9 Å². The highest BCUT2D eigenvalue weighted by Crippen LogP contribution is 2.40. The molecule has 0 fully saturated rings. The van der Waals surface area contributed by atoms with Crippen LogP contribution in [-0.4, -0.2) is 14.5 Å². The summed E-state index contributed by atoms with van der Waals surface area (Å²) in [5.74, 6) is 0. The molecule has 129 valence electrons. The minimum Gasteiger partial charge on any atom is -0.335 e. The number of benzene rings is 1. The lowest BCUT2D eigenvalue weighted by Gasteiger charge is -2.11. The van der Waals surface area contributed by atoms with E-state index in [0.29, 0.717) is 10.0 Å². The summed E-state index contributed by atoms with van der Waals surface area (Å²) >= 11 is 19.1. The highest BCUT2D eigenvalue weighted by Gasteiger charge is 2.16. The van der Waals surface area contributed by atoms with Crippen LogP contribution in [0, 0.1) is 6.92 Å². The predicted octanol–water partition coefficient (Wildman–Crippen LogP) is 6.44. The van der Waals surface area contributed by atoms with Crippen molar-refractivity contribution in [1.82, 2.24) is 14.5 Å². The quantitative estimate of drug-likeness (QED) is 0.362. The maximum Gasteiger partial charge on any atom is 0.148 e. The minimum atomic E-state index is 0.247. The number of hydrogen-bond donors (Lipinski definition) is 0. The molecule has 4 aromatic rings. The zero-order valence-electron chi connectivity index (χ0n) is 13.8. The van der Waals surface area contributed by atoms with Crippen molar-refractivity contribution >= 4 is 45.8 Å². The molecule has 0 aliphatic carbocycles. The molecule has 0 saturated carbocycles. The summed E-state index contributed by atoms with van der Waals surface area (Å²) in [5, 5.41) is 2.21. The normalized spacial score (nSPS) is 11.3. The maximum absolute atomic E-state index is 6.72. The molecule has 0 bridgehead atoms. The molecule has 0 spiro atoms. The van der Waals surface area contributed by atoms with Crippen molar-refractivity contribution in [2.75, 3.05) is 0 Å². The van der Waals surface area contributed by atoms with E-state index in [-0.39, 0.29) is 5.15 Å². The fourth-order valence-electron chi connectivity index (χ4n) is 3.05. The summed E-state index contributed by atoms with van der Waals surface area (Å²) < 4.78 is 1.96. The average Bonchev–Trinajstić information content (AvgIpc) is 2.92. The first-order chi connectivity index (χ1) is 12.5. The third kappa shape index (κ3) is 2.77. The molecule has 26 heavy (non-hydrogen) atoms. The Morgan fingerprint density at radius 2 is 1.65 bits per heavy atom. The van der Waals surface area contributed by atoms with E-state index in [1.54, 1.807) is 12.3 Å². The fraction of sp³-hybridized carbons (Fsp3) is 0.0500. The summed E-state index contributed by atoms with van der Waals surface area (Å²) in [6, 6.07) is 11.5. The van der Waals surface area contributed by atoms with Crippen LogP contribution in [0.2, 0.25) is 15.2 Å². The van der Waals surface area contributed by atoms with Gasteiger partial charge in [0.1, 0.15) is 10.8 Å². The van der Waals surface area contributed by atoms with Crippen LogP contribution in [0.5, 0.6) is 0 Å². The molecule has 6 heteroatoms. The first-order valence-electron chi connectivity index (χ1n) is 7.84. The van der Waals surface area contributed by atoms with Crippen LogP contribution in [0.1, 0.15) is 5.56 Å². The number of rotatable bonds is 2. The van der Waals surface area contributed by atoms with Crippen molar-refractivity contribution in [1.29, 1.82) is 0 Å². The zero-order chi connectivity index (χ0) is 18.4. The van der Waals surface area contributed by atoms with Crippen LogP contribution in [0.4, 0.5) is 0 Å². The Balaban J connectivity index is 1.91. The number of nitrogens with zero attached hydrogens (tertiary/aromatic N) is 3. The molecule has 0 saturated heterocycles. The molecule has 0 aliphatic heterocycles. The number of fused-ring (bicyclic) bond motifs is 1. The van der Waals surface area contributed by atoms with Gasteiger partial charge < -0.3 is 4.57 Å². The van der Waals surface area contributed by atoms with Gasteiger partial charge in [0.05, 0.1) is 15.7 Å². The molecule has 1 radical (unpaired) electrons. The van der Waals surface area contributed by atoms with Gasteiger partial charge in [-0.2, -0.15) is 0 Å². The molecule has 4 rings (SSSR count). The zero-order valence-corrected chi connectivity index (χ0v) is 16.1. The van der Waals surface area contributed by atoms with Crippen molar-refractivity contribution in [3.05, 3.63) is 76.5 Å². The van der Waals surface area contributed by atoms with Crippen molar-refractivity contribution in [3.63, 3.8) is 0 Å². The van der Waals surface area contributed by atoms with E-state index in [4.69, 9.17) is 39.8 Å². The van der Waals surface area contributed by atoms with Crippen molar-refractivity contribution in [3.8, 4) is 22.4 Å². The molecule has 0 N–H and O–H groups in total. The van der Waals surface area contributed by atoms with Crippen LogP contribution in [0.25, 0.3) is 33.4 Å². The fourth-order valence-corrected chi connectivity index (χ4v) is 3.74. The van der Waals surface area contributed by atoms with Gasteiger partial charge >= 0.3 is 0 Å². The largest absolute Gasteiger partial charge is 0.335 e. The van der Waals surface area contributed by atoms with E-state index >= 15 is 0 Å². The summed E-state index contributed by atoms with van der Waals surface area (Å²) in [6.07, 6.45) is 3.56. The van der Waals surface area contributed by atoms with Gasteiger partial charge in [-0.25, -0.2) is 9.97 Å². The Kier molecular flexibility index (Phi) is 4.39. The van der Waals surface area contributed by atoms with Gasteiger partial charge in [0.15, 0.2) is 0 Å².